The van der Waals surface area contributed by atoms with Gasteiger partial charge in [0.15, 0.2) is 0 Å². The maximum Gasteiger partial charge on any atom is 0.466 e. The first-order valence-corrected chi connectivity index (χ1v) is 7.81. The Bertz CT molecular complexity index is 611. The maximum absolute atomic E-state index is 9.91. The average Bonchev–Trinajstić information content (AvgIpc) is 2.38. The Hall–Kier alpha value is -1.65. The Balaban J connectivity index is 0.000000383. The molecule has 4 N–H and O–H groups in total. The van der Waals surface area contributed by atoms with Crippen LogP contribution in [-0.2, 0) is 9.98 Å². The summed E-state index contributed by atoms with van der Waals surface area (Å²) >= 11 is 0. The second-order valence-electron chi connectivity index (χ2n) is 5.02. The number of phenols is 1. The van der Waals surface area contributed by atoms with E-state index in [0.717, 1.165) is 5.56 Å². The molecule has 2 aromatic rings. The summed E-state index contributed by atoms with van der Waals surface area (Å²) < 4.78 is 8.88. The molecule has 6 heteroatoms. The van der Waals surface area contributed by atoms with Crippen molar-refractivity contribution in [2.45, 2.75) is 19.3 Å². The van der Waals surface area contributed by atoms with E-state index in [1.807, 2.05) is 36.4 Å². The Morgan fingerprint density at radius 3 is 1.76 bits per heavy atom. The van der Waals surface area contributed by atoms with Crippen LogP contribution in [0.4, 0.5) is 0 Å². The zero-order valence-corrected chi connectivity index (χ0v) is 12.7. The predicted molar refractivity (Wildman–Crippen MR) is 80.9 cm³/mol. The number of rotatable bonds is 2. The monoisotopic (exact) mass is 310 g/mol. The van der Waals surface area contributed by atoms with Crippen LogP contribution < -0.4 is 0 Å². The van der Waals surface area contributed by atoms with E-state index in [-0.39, 0.29) is 5.41 Å². The molecule has 0 amide bonds. The van der Waals surface area contributed by atoms with E-state index in [1.165, 1.54) is 5.56 Å². The second kappa shape index (κ2) is 6.87. The number of phenolic OH excluding ortho intramolecular Hbond substituents is 1. The van der Waals surface area contributed by atoms with Gasteiger partial charge in [0.05, 0.1) is 0 Å². The zero-order chi connectivity index (χ0) is 16.1. The lowest BCUT2D eigenvalue weighted by Gasteiger charge is -2.26. The van der Waals surface area contributed by atoms with Crippen LogP contribution in [0.15, 0.2) is 54.6 Å². The first-order valence-electron chi connectivity index (χ1n) is 6.24. The van der Waals surface area contributed by atoms with Crippen LogP contribution in [0, 0.1) is 0 Å². The second-order valence-corrected chi connectivity index (χ2v) is 6.05. The number of hydrogen-bond donors (Lipinski definition) is 4. The Labute approximate surface area is 123 Å². The summed E-state index contributed by atoms with van der Waals surface area (Å²) in [6, 6.07) is 17.7. The van der Waals surface area contributed by atoms with Crippen molar-refractivity contribution in [1.29, 1.82) is 0 Å². The minimum Gasteiger partial charge on any atom is -0.508 e. The van der Waals surface area contributed by atoms with Crippen molar-refractivity contribution in [3.05, 3.63) is 65.7 Å². The van der Waals surface area contributed by atoms with Crippen LogP contribution in [0.25, 0.3) is 0 Å². The number of hydrogen-bond acceptors (Lipinski definition) is 2. The van der Waals surface area contributed by atoms with Gasteiger partial charge in [0.2, 0.25) is 0 Å². The summed E-state index contributed by atoms with van der Waals surface area (Å²) in [6.45, 7) is 4.24. The molecule has 21 heavy (non-hydrogen) atoms. The van der Waals surface area contributed by atoms with Crippen LogP contribution in [0.2, 0.25) is 0 Å². The van der Waals surface area contributed by atoms with Crippen molar-refractivity contribution in [2.75, 3.05) is 0 Å². The van der Waals surface area contributed by atoms with Crippen molar-refractivity contribution in [3.8, 4) is 5.75 Å². The van der Waals surface area contributed by atoms with Crippen LogP contribution in [-0.4, -0.2) is 19.8 Å². The molecule has 0 heterocycles. The molecule has 0 spiro atoms. The number of benzene rings is 2. The number of para-hydroxylation sites is 1. The molecule has 0 aromatic heterocycles. The molecule has 114 valence electrons. The fourth-order valence-electron chi connectivity index (χ4n) is 2.01. The van der Waals surface area contributed by atoms with Gasteiger partial charge < -0.3 is 19.8 Å². The van der Waals surface area contributed by atoms with Gasteiger partial charge in [-0.15, -0.1) is 0 Å². The number of phosphoric acid groups is 1. The molecule has 0 fully saturated rings. The molecule has 5 nitrogen and oxygen atoms in total. The number of aromatic hydroxyl groups is 1. The minimum atomic E-state index is -4.64. The minimum absolute atomic E-state index is 0.174. The van der Waals surface area contributed by atoms with Crippen LogP contribution in [0.5, 0.6) is 5.75 Å². The summed E-state index contributed by atoms with van der Waals surface area (Å²) in [4.78, 5) is 21.6. The van der Waals surface area contributed by atoms with E-state index in [9.17, 15) is 5.11 Å². The Morgan fingerprint density at radius 1 is 0.857 bits per heavy atom. The van der Waals surface area contributed by atoms with Crippen molar-refractivity contribution in [3.63, 3.8) is 0 Å². The van der Waals surface area contributed by atoms with Gasteiger partial charge in [-0.25, -0.2) is 4.57 Å². The van der Waals surface area contributed by atoms with E-state index < -0.39 is 7.82 Å². The van der Waals surface area contributed by atoms with Gasteiger partial charge in [0.25, 0.3) is 0 Å². The summed E-state index contributed by atoms with van der Waals surface area (Å²) in [6.07, 6.45) is 0. The highest BCUT2D eigenvalue weighted by atomic mass is 31.2. The predicted octanol–water partition coefficient (Wildman–Crippen LogP) is 2.79. The highest BCUT2D eigenvalue weighted by Gasteiger charge is 2.25. The molecular weight excluding hydrogens is 291 g/mol. The molecule has 0 atom stereocenters. The third kappa shape index (κ3) is 5.69. The standard InChI is InChI=1S/C15H16O.H3O4P/c1-15(2,12-8-4-3-5-9-12)13-10-6-7-11-14(13)16;1-5(2,3)4/h3-11,16H,1-2H3;(H3,1,2,3,4). The third-order valence-corrected chi connectivity index (χ3v) is 3.07. The zero-order valence-electron chi connectivity index (χ0n) is 11.8. The van der Waals surface area contributed by atoms with E-state index >= 15 is 0 Å². The van der Waals surface area contributed by atoms with Crippen molar-refractivity contribution in [1.82, 2.24) is 0 Å². The molecule has 2 rings (SSSR count). The maximum atomic E-state index is 9.91. The van der Waals surface area contributed by atoms with Crippen LogP contribution in [0.1, 0.15) is 25.0 Å². The smallest absolute Gasteiger partial charge is 0.466 e. The van der Waals surface area contributed by atoms with Gasteiger partial charge >= 0.3 is 7.82 Å². The van der Waals surface area contributed by atoms with Crippen molar-refractivity contribution in [2.24, 2.45) is 0 Å². The van der Waals surface area contributed by atoms with Gasteiger partial charge in [0, 0.05) is 11.0 Å². The average molecular weight is 310 g/mol. The fraction of sp³-hybridized carbons (Fsp3) is 0.200. The van der Waals surface area contributed by atoms with Gasteiger partial charge in [-0.05, 0) is 11.6 Å². The molecule has 0 aliphatic carbocycles. The van der Waals surface area contributed by atoms with Crippen LogP contribution in [0.3, 0.4) is 0 Å². The summed E-state index contributed by atoms with van der Waals surface area (Å²) in [5.41, 5.74) is 1.99. The summed E-state index contributed by atoms with van der Waals surface area (Å²) in [7, 11) is -4.64. The summed E-state index contributed by atoms with van der Waals surface area (Å²) in [5.74, 6) is 0.358. The van der Waals surface area contributed by atoms with Gasteiger partial charge in [-0.1, -0.05) is 62.4 Å². The molecular formula is C15H19O5P. The molecule has 0 aliphatic heterocycles. The van der Waals surface area contributed by atoms with Gasteiger partial charge in [0.1, 0.15) is 5.75 Å². The molecule has 0 radical (unpaired) electrons. The normalized spacial score (nSPS) is 11.5. The van der Waals surface area contributed by atoms with E-state index in [0.29, 0.717) is 5.75 Å². The Kier molecular flexibility index (Phi) is 5.70. The lowest BCUT2D eigenvalue weighted by atomic mass is 9.78. The van der Waals surface area contributed by atoms with E-state index in [4.69, 9.17) is 19.2 Å². The quantitative estimate of drug-likeness (QED) is 0.639. The topological polar surface area (TPSA) is 98.0 Å². The van der Waals surface area contributed by atoms with Crippen molar-refractivity contribution < 1.29 is 24.4 Å². The van der Waals surface area contributed by atoms with Gasteiger partial charge in [-0.2, -0.15) is 0 Å². The molecule has 0 unspecified atom stereocenters. The SMILES string of the molecule is CC(C)(c1ccccc1)c1ccccc1O.O=P(O)(O)O. The fourth-order valence-corrected chi connectivity index (χ4v) is 2.01. The third-order valence-electron chi connectivity index (χ3n) is 3.07. The molecule has 2 aromatic carbocycles. The van der Waals surface area contributed by atoms with E-state index in [1.54, 1.807) is 6.07 Å². The molecule has 0 bridgehead atoms. The lowest BCUT2D eigenvalue weighted by molar-refractivity contribution is 0.275. The molecule has 0 aliphatic rings. The molecule has 0 saturated carbocycles. The highest BCUT2D eigenvalue weighted by molar-refractivity contribution is 7.45. The first kappa shape index (κ1) is 17.4. The van der Waals surface area contributed by atoms with E-state index in [2.05, 4.69) is 26.0 Å². The largest absolute Gasteiger partial charge is 0.508 e. The van der Waals surface area contributed by atoms with Crippen molar-refractivity contribution >= 4 is 7.82 Å². The Morgan fingerprint density at radius 2 is 1.29 bits per heavy atom. The highest BCUT2D eigenvalue weighted by Crippen LogP contribution is 2.36. The molecule has 0 saturated heterocycles. The first-order chi connectivity index (χ1) is 9.62. The van der Waals surface area contributed by atoms with Crippen LogP contribution >= 0.6 is 7.82 Å². The van der Waals surface area contributed by atoms with Gasteiger partial charge in [-0.3, -0.25) is 0 Å². The summed E-state index contributed by atoms with van der Waals surface area (Å²) in [5, 5.41) is 9.91. The lowest BCUT2D eigenvalue weighted by Crippen LogP contribution is -2.18.